The van der Waals surface area contributed by atoms with E-state index in [4.69, 9.17) is 5.84 Å². The highest BCUT2D eigenvalue weighted by atomic mass is 19.4. The van der Waals surface area contributed by atoms with Gasteiger partial charge in [0.05, 0.1) is 16.8 Å². The highest BCUT2D eigenvalue weighted by Gasteiger charge is 2.33. The Bertz CT molecular complexity index is 1210. The predicted molar refractivity (Wildman–Crippen MR) is 132 cm³/mol. The van der Waals surface area contributed by atoms with Crippen LogP contribution in [0.3, 0.4) is 0 Å². The molecule has 0 amide bonds. The fourth-order valence-electron chi connectivity index (χ4n) is 4.22. The highest BCUT2D eigenvalue weighted by molar-refractivity contribution is 5.83. The van der Waals surface area contributed by atoms with Gasteiger partial charge >= 0.3 is 6.18 Å². The first-order valence-corrected chi connectivity index (χ1v) is 11.9. The Morgan fingerprint density at radius 3 is 2.49 bits per heavy atom. The fraction of sp³-hybridized carbons (Fsp3) is 0.385. The maximum absolute atomic E-state index is 13.4. The van der Waals surface area contributed by atoms with Crippen molar-refractivity contribution in [2.75, 3.05) is 6.54 Å². The number of halogens is 3. The third-order valence-corrected chi connectivity index (χ3v) is 6.53. The molecule has 2 N–H and O–H groups in total. The van der Waals surface area contributed by atoms with E-state index in [1.165, 1.54) is 35.3 Å². The average molecular weight is 518 g/mol. The molecule has 0 saturated heterocycles. The summed E-state index contributed by atoms with van der Waals surface area (Å²) in [4.78, 5) is 27.9. The lowest BCUT2D eigenvalue weighted by Crippen LogP contribution is -2.41. The number of imidazole rings is 1. The van der Waals surface area contributed by atoms with Crippen molar-refractivity contribution in [1.82, 2.24) is 14.6 Å². The van der Waals surface area contributed by atoms with Crippen LogP contribution in [0.1, 0.15) is 42.7 Å². The van der Waals surface area contributed by atoms with E-state index in [9.17, 15) is 28.1 Å². The number of benzene rings is 2. The fourth-order valence-corrected chi connectivity index (χ4v) is 4.22. The van der Waals surface area contributed by atoms with Crippen molar-refractivity contribution in [2.45, 2.75) is 46.0 Å². The number of non-ortho nitro benzene ring substituents is 1. The smallest absolute Gasteiger partial charge is 0.330 e. The van der Waals surface area contributed by atoms with Crippen LogP contribution in [0.25, 0.3) is 0 Å². The van der Waals surface area contributed by atoms with Crippen molar-refractivity contribution in [3.63, 3.8) is 0 Å². The lowest BCUT2D eigenvalue weighted by Gasteiger charge is -2.28. The van der Waals surface area contributed by atoms with Gasteiger partial charge in [-0.3, -0.25) is 20.8 Å². The number of rotatable bonds is 12. The molecule has 3 aromatic rings. The lowest BCUT2D eigenvalue weighted by atomic mass is 9.86. The molecule has 0 aliphatic carbocycles. The standard InChI is InChI=1S/C26H30F3N5O3/c1-3-18(2)23(16-33(30)15-20-6-4-5-7-24(20)26(27,28)29)25(35)12-22-13-31-17-32(22)14-19-8-10-21(11-9-19)34(36)37/h4-11,13,17-18,23H,3,12,14-16,30H2,1-2H3/t18-,23+/m0/s1. The van der Waals surface area contributed by atoms with Gasteiger partial charge in [-0.15, -0.1) is 0 Å². The molecular formula is C26H30F3N5O3. The summed E-state index contributed by atoms with van der Waals surface area (Å²) in [5, 5.41) is 12.1. The summed E-state index contributed by atoms with van der Waals surface area (Å²) in [5.41, 5.74) is 0.779. The van der Waals surface area contributed by atoms with Crippen LogP contribution in [0, 0.1) is 22.0 Å². The van der Waals surface area contributed by atoms with Crippen molar-refractivity contribution >= 4 is 11.5 Å². The van der Waals surface area contributed by atoms with Crippen LogP contribution in [0.2, 0.25) is 0 Å². The number of hydrogen-bond acceptors (Lipinski definition) is 6. The average Bonchev–Trinajstić information content (AvgIpc) is 3.28. The first-order chi connectivity index (χ1) is 17.5. The minimum absolute atomic E-state index is 0.00891. The van der Waals surface area contributed by atoms with E-state index in [0.29, 0.717) is 18.7 Å². The Kier molecular flexibility index (Phi) is 9.17. The second kappa shape index (κ2) is 12.1. The Hall–Kier alpha value is -3.57. The summed E-state index contributed by atoms with van der Waals surface area (Å²) < 4.78 is 41.9. The molecule has 8 nitrogen and oxygen atoms in total. The van der Waals surface area contributed by atoms with Crippen LogP contribution >= 0.6 is 0 Å². The molecule has 198 valence electrons. The quantitative estimate of drug-likeness (QED) is 0.206. The highest BCUT2D eigenvalue weighted by Crippen LogP contribution is 2.32. The Morgan fingerprint density at radius 1 is 1.19 bits per heavy atom. The molecule has 11 heteroatoms. The van der Waals surface area contributed by atoms with Crippen molar-refractivity contribution in [1.29, 1.82) is 0 Å². The molecule has 0 aliphatic heterocycles. The van der Waals surface area contributed by atoms with Gasteiger partial charge in [-0.1, -0.05) is 50.6 Å². The first-order valence-electron chi connectivity index (χ1n) is 11.9. The van der Waals surface area contributed by atoms with Gasteiger partial charge < -0.3 is 4.57 Å². The number of aromatic nitrogens is 2. The minimum atomic E-state index is -4.49. The van der Waals surface area contributed by atoms with Gasteiger partial charge in [0.25, 0.3) is 5.69 Å². The minimum Gasteiger partial charge on any atom is -0.330 e. The third kappa shape index (κ3) is 7.46. The molecule has 0 bridgehead atoms. The second-order valence-corrected chi connectivity index (χ2v) is 9.16. The molecule has 0 spiro atoms. The molecular weight excluding hydrogens is 487 g/mol. The molecule has 0 unspecified atom stereocenters. The number of nitrogens with two attached hydrogens (primary N) is 1. The maximum atomic E-state index is 13.4. The molecule has 2 aromatic carbocycles. The van der Waals surface area contributed by atoms with Crippen LogP contribution < -0.4 is 5.84 Å². The van der Waals surface area contributed by atoms with Crippen LogP contribution in [0.15, 0.2) is 61.1 Å². The van der Waals surface area contributed by atoms with E-state index in [1.54, 1.807) is 29.2 Å². The molecule has 37 heavy (non-hydrogen) atoms. The summed E-state index contributed by atoms with van der Waals surface area (Å²) >= 11 is 0. The zero-order valence-corrected chi connectivity index (χ0v) is 20.7. The van der Waals surface area contributed by atoms with Gasteiger partial charge in [0.1, 0.15) is 5.78 Å². The zero-order chi connectivity index (χ0) is 27.2. The van der Waals surface area contributed by atoms with Gasteiger partial charge in [-0.2, -0.15) is 13.2 Å². The largest absolute Gasteiger partial charge is 0.416 e. The first kappa shape index (κ1) is 28.0. The van der Waals surface area contributed by atoms with E-state index in [0.717, 1.165) is 11.6 Å². The van der Waals surface area contributed by atoms with Crippen LogP contribution in [-0.4, -0.2) is 31.8 Å². The molecule has 0 fully saturated rings. The lowest BCUT2D eigenvalue weighted by molar-refractivity contribution is -0.384. The number of Topliss-reactive ketones (excluding diaryl/α,β-unsaturated/α-hetero) is 1. The summed E-state index contributed by atoms with van der Waals surface area (Å²) in [6.07, 6.45) is -0.534. The van der Waals surface area contributed by atoms with Crippen molar-refractivity contribution in [3.05, 3.63) is 93.6 Å². The van der Waals surface area contributed by atoms with E-state index in [2.05, 4.69) is 4.98 Å². The topological polar surface area (TPSA) is 107 Å². The Labute approximate surface area is 213 Å². The van der Waals surface area contributed by atoms with Gasteiger partial charge in [0, 0.05) is 56.0 Å². The number of nitro benzene ring substituents is 1. The van der Waals surface area contributed by atoms with Gasteiger partial charge in [-0.05, 0) is 23.1 Å². The van der Waals surface area contributed by atoms with Crippen molar-refractivity contribution in [2.24, 2.45) is 17.7 Å². The number of hydrogen-bond donors (Lipinski definition) is 1. The van der Waals surface area contributed by atoms with Gasteiger partial charge in [0.15, 0.2) is 0 Å². The number of hydrazine groups is 1. The SMILES string of the molecule is CC[C@H](C)[C@@H](CN(N)Cc1ccccc1C(F)(F)F)C(=O)Cc1cncn1Cc1ccc([N+](=O)[O-])cc1. The summed E-state index contributed by atoms with van der Waals surface area (Å²) in [6, 6.07) is 11.4. The number of nitro groups is 1. The Morgan fingerprint density at radius 2 is 1.86 bits per heavy atom. The molecule has 0 saturated carbocycles. The molecule has 1 aromatic heterocycles. The van der Waals surface area contributed by atoms with E-state index in [1.807, 2.05) is 13.8 Å². The predicted octanol–water partition coefficient (Wildman–Crippen LogP) is 5.01. The van der Waals surface area contributed by atoms with E-state index < -0.39 is 22.6 Å². The molecule has 2 atom stereocenters. The van der Waals surface area contributed by atoms with E-state index >= 15 is 0 Å². The van der Waals surface area contributed by atoms with Crippen LogP contribution in [0.5, 0.6) is 0 Å². The zero-order valence-electron chi connectivity index (χ0n) is 20.7. The number of alkyl halides is 3. The third-order valence-electron chi connectivity index (χ3n) is 6.53. The number of ketones is 1. The summed E-state index contributed by atoms with van der Waals surface area (Å²) in [5.74, 6) is 5.52. The van der Waals surface area contributed by atoms with Crippen LogP contribution in [-0.2, 0) is 30.5 Å². The Balaban J connectivity index is 1.71. The number of carbonyl (C=O) groups is 1. The van der Waals surface area contributed by atoms with E-state index in [-0.39, 0.29) is 42.5 Å². The normalized spacial score (nSPS) is 13.5. The maximum Gasteiger partial charge on any atom is 0.416 e. The van der Waals surface area contributed by atoms with Gasteiger partial charge in [-0.25, -0.2) is 9.99 Å². The molecule has 3 rings (SSSR count). The molecule has 1 heterocycles. The number of carbonyl (C=O) groups excluding carboxylic acids is 1. The summed E-state index contributed by atoms with van der Waals surface area (Å²) in [6.45, 7) is 4.22. The van der Waals surface area contributed by atoms with Crippen molar-refractivity contribution < 1.29 is 22.9 Å². The van der Waals surface area contributed by atoms with Crippen molar-refractivity contribution in [3.8, 4) is 0 Å². The monoisotopic (exact) mass is 517 g/mol. The van der Waals surface area contributed by atoms with Crippen LogP contribution in [0.4, 0.5) is 18.9 Å². The van der Waals surface area contributed by atoms with Gasteiger partial charge in [0.2, 0.25) is 0 Å². The molecule has 0 radical (unpaired) electrons. The number of nitrogens with zero attached hydrogens (tertiary/aromatic N) is 4. The molecule has 0 aliphatic rings. The second-order valence-electron chi connectivity index (χ2n) is 9.16. The summed E-state index contributed by atoms with van der Waals surface area (Å²) in [7, 11) is 0.